The van der Waals surface area contributed by atoms with E-state index in [9.17, 15) is 18.0 Å². The van der Waals surface area contributed by atoms with E-state index in [2.05, 4.69) is 17.2 Å². The molecule has 4 N–H and O–H groups in total. The number of rotatable bonds is 3. The Balaban J connectivity index is 2.40. The molecule has 0 bridgehead atoms. The van der Waals surface area contributed by atoms with E-state index < -0.39 is 18.8 Å². The van der Waals surface area contributed by atoms with Crippen LogP contribution in [0.4, 0.5) is 18.0 Å². The standard InChI is InChI=1S/C13H14F3N3O/c14-13(15,16)9-19-12(20)18-8-11-5-3-10(4-6-11)2-1-7-17/h3-6H,7-9,17H2,(H2,18,19,20). The van der Waals surface area contributed by atoms with E-state index in [1.807, 2.05) is 0 Å². The summed E-state index contributed by atoms with van der Waals surface area (Å²) in [5.41, 5.74) is 6.77. The molecule has 108 valence electrons. The molecule has 7 heteroatoms. The average molecular weight is 285 g/mol. The van der Waals surface area contributed by atoms with Gasteiger partial charge in [0.15, 0.2) is 0 Å². The van der Waals surface area contributed by atoms with Crippen LogP contribution in [0.1, 0.15) is 11.1 Å². The van der Waals surface area contributed by atoms with Gasteiger partial charge in [-0.2, -0.15) is 13.2 Å². The van der Waals surface area contributed by atoms with Gasteiger partial charge in [-0.1, -0.05) is 24.0 Å². The van der Waals surface area contributed by atoms with Gasteiger partial charge in [0, 0.05) is 12.1 Å². The van der Waals surface area contributed by atoms with E-state index in [0.717, 1.165) is 11.1 Å². The third-order valence-corrected chi connectivity index (χ3v) is 2.19. The molecule has 1 aromatic carbocycles. The summed E-state index contributed by atoms with van der Waals surface area (Å²) in [5, 5.41) is 4.05. The number of hydrogen-bond acceptors (Lipinski definition) is 2. The molecule has 0 heterocycles. The smallest absolute Gasteiger partial charge is 0.334 e. The van der Waals surface area contributed by atoms with E-state index in [4.69, 9.17) is 5.73 Å². The molecule has 0 saturated carbocycles. The first-order valence-electron chi connectivity index (χ1n) is 5.77. The van der Waals surface area contributed by atoms with E-state index in [1.165, 1.54) is 0 Å². The van der Waals surface area contributed by atoms with Crippen LogP contribution in [0.3, 0.4) is 0 Å². The quantitative estimate of drug-likeness (QED) is 0.734. The third kappa shape index (κ3) is 6.66. The van der Waals surface area contributed by atoms with Crippen molar-refractivity contribution < 1.29 is 18.0 Å². The Hall–Kier alpha value is -2.20. The van der Waals surface area contributed by atoms with Crippen LogP contribution >= 0.6 is 0 Å². The van der Waals surface area contributed by atoms with Crippen LogP contribution in [-0.4, -0.2) is 25.3 Å². The maximum absolute atomic E-state index is 11.9. The Kier molecular flexibility index (Phi) is 5.87. The summed E-state index contributed by atoms with van der Waals surface area (Å²) in [6.07, 6.45) is -4.42. The zero-order valence-corrected chi connectivity index (χ0v) is 10.6. The molecule has 0 radical (unpaired) electrons. The van der Waals surface area contributed by atoms with Crippen molar-refractivity contribution in [3.05, 3.63) is 35.4 Å². The van der Waals surface area contributed by atoms with Crippen LogP contribution in [0.15, 0.2) is 24.3 Å². The lowest BCUT2D eigenvalue weighted by Gasteiger charge is -2.09. The van der Waals surface area contributed by atoms with Crippen LogP contribution in [0, 0.1) is 11.8 Å². The van der Waals surface area contributed by atoms with Crippen molar-refractivity contribution in [3.8, 4) is 11.8 Å². The second-order valence-electron chi connectivity index (χ2n) is 3.85. The summed E-state index contributed by atoms with van der Waals surface area (Å²) in [7, 11) is 0. The third-order valence-electron chi connectivity index (χ3n) is 2.19. The largest absolute Gasteiger partial charge is 0.405 e. The molecule has 0 aromatic heterocycles. The summed E-state index contributed by atoms with van der Waals surface area (Å²) in [4.78, 5) is 11.1. The molecule has 0 aliphatic heterocycles. The summed E-state index contributed by atoms with van der Waals surface area (Å²) >= 11 is 0. The topological polar surface area (TPSA) is 67.1 Å². The Morgan fingerprint density at radius 3 is 2.40 bits per heavy atom. The molecule has 0 spiro atoms. The number of hydrogen-bond donors (Lipinski definition) is 3. The Morgan fingerprint density at radius 2 is 1.85 bits per heavy atom. The number of urea groups is 1. The highest BCUT2D eigenvalue weighted by Gasteiger charge is 2.27. The molecule has 0 atom stereocenters. The molecule has 2 amide bonds. The minimum atomic E-state index is -4.42. The highest BCUT2D eigenvalue weighted by Crippen LogP contribution is 2.11. The average Bonchev–Trinajstić information content (AvgIpc) is 2.41. The van der Waals surface area contributed by atoms with E-state index >= 15 is 0 Å². The molecule has 1 rings (SSSR count). The van der Waals surface area contributed by atoms with E-state index in [1.54, 1.807) is 29.6 Å². The molecule has 0 aliphatic carbocycles. The van der Waals surface area contributed by atoms with Gasteiger partial charge in [0.1, 0.15) is 6.54 Å². The zero-order chi connectivity index (χ0) is 15.0. The minimum absolute atomic E-state index is 0.133. The number of nitrogens with two attached hydrogens (primary N) is 1. The second kappa shape index (κ2) is 7.40. The number of alkyl halides is 3. The van der Waals surface area contributed by atoms with Crippen LogP contribution < -0.4 is 16.4 Å². The van der Waals surface area contributed by atoms with E-state index in [-0.39, 0.29) is 13.1 Å². The number of carbonyl (C=O) groups is 1. The maximum Gasteiger partial charge on any atom is 0.405 e. The molecule has 0 aliphatic rings. The first kappa shape index (κ1) is 15.9. The van der Waals surface area contributed by atoms with Crippen molar-refractivity contribution in [2.75, 3.05) is 13.1 Å². The fraction of sp³-hybridized carbons (Fsp3) is 0.308. The highest BCUT2D eigenvalue weighted by molar-refractivity contribution is 5.73. The van der Waals surface area contributed by atoms with Gasteiger partial charge in [0.05, 0.1) is 6.54 Å². The van der Waals surface area contributed by atoms with Gasteiger partial charge in [0.25, 0.3) is 0 Å². The van der Waals surface area contributed by atoms with Gasteiger partial charge in [0.2, 0.25) is 0 Å². The lowest BCUT2D eigenvalue weighted by atomic mass is 10.1. The van der Waals surface area contributed by atoms with Crippen molar-refractivity contribution in [2.24, 2.45) is 5.73 Å². The summed E-state index contributed by atoms with van der Waals surface area (Å²) in [6.45, 7) is -0.955. The molecule has 4 nitrogen and oxygen atoms in total. The molecule has 0 unspecified atom stereocenters. The predicted octanol–water partition coefficient (Wildman–Crippen LogP) is 1.36. The number of amides is 2. The molecular formula is C13H14F3N3O. The zero-order valence-electron chi connectivity index (χ0n) is 10.6. The minimum Gasteiger partial charge on any atom is -0.334 e. The highest BCUT2D eigenvalue weighted by atomic mass is 19.4. The number of halogens is 3. The van der Waals surface area contributed by atoms with Gasteiger partial charge < -0.3 is 16.4 Å². The van der Waals surface area contributed by atoms with Gasteiger partial charge in [-0.3, -0.25) is 0 Å². The lowest BCUT2D eigenvalue weighted by molar-refractivity contribution is -0.122. The maximum atomic E-state index is 11.9. The molecule has 1 aromatic rings. The first-order chi connectivity index (χ1) is 9.40. The van der Waals surface area contributed by atoms with Crippen LogP contribution in [0.25, 0.3) is 0 Å². The summed E-state index contributed by atoms with van der Waals surface area (Å²) < 4.78 is 35.6. The van der Waals surface area contributed by atoms with Crippen molar-refractivity contribution in [3.63, 3.8) is 0 Å². The SMILES string of the molecule is NCC#Cc1ccc(CNC(=O)NCC(F)(F)F)cc1. The van der Waals surface area contributed by atoms with Crippen LogP contribution in [-0.2, 0) is 6.54 Å². The molecule has 20 heavy (non-hydrogen) atoms. The Labute approximate surface area is 114 Å². The van der Waals surface area contributed by atoms with Crippen molar-refractivity contribution >= 4 is 6.03 Å². The molecule has 0 fully saturated rings. The van der Waals surface area contributed by atoms with Gasteiger partial charge in [-0.05, 0) is 17.7 Å². The molecule has 0 saturated heterocycles. The predicted molar refractivity (Wildman–Crippen MR) is 68.7 cm³/mol. The normalized spacial score (nSPS) is 10.4. The summed E-state index contributed by atoms with van der Waals surface area (Å²) in [5.74, 6) is 5.53. The van der Waals surface area contributed by atoms with Crippen molar-refractivity contribution in [1.82, 2.24) is 10.6 Å². The van der Waals surface area contributed by atoms with Crippen molar-refractivity contribution in [1.29, 1.82) is 0 Å². The van der Waals surface area contributed by atoms with Crippen LogP contribution in [0.5, 0.6) is 0 Å². The Bertz CT molecular complexity index is 500. The van der Waals surface area contributed by atoms with Crippen molar-refractivity contribution in [2.45, 2.75) is 12.7 Å². The first-order valence-corrected chi connectivity index (χ1v) is 5.77. The summed E-state index contributed by atoms with van der Waals surface area (Å²) in [6, 6.07) is 6.07. The fourth-order valence-electron chi connectivity index (χ4n) is 1.28. The number of carbonyl (C=O) groups excluding carboxylic acids is 1. The monoisotopic (exact) mass is 285 g/mol. The van der Waals surface area contributed by atoms with Gasteiger partial charge >= 0.3 is 12.2 Å². The van der Waals surface area contributed by atoms with Gasteiger partial charge in [-0.15, -0.1) is 0 Å². The number of nitrogens with one attached hydrogen (secondary N) is 2. The van der Waals surface area contributed by atoms with E-state index in [0.29, 0.717) is 0 Å². The Morgan fingerprint density at radius 1 is 1.20 bits per heavy atom. The fourth-order valence-corrected chi connectivity index (χ4v) is 1.28. The lowest BCUT2D eigenvalue weighted by Crippen LogP contribution is -2.40. The number of benzene rings is 1. The van der Waals surface area contributed by atoms with Gasteiger partial charge in [-0.25, -0.2) is 4.79 Å². The van der Waals surface area contributed by atoms with Crippen LogP contribution in [0.2, 0.25) is 0 Å². The molecular weight excluding hydrogens is 271 g/mol. The second-order valence-corrected chi connectivity index (χ2v) is 3.85.